The maximum atomic E-state index is 13.7. The van der Waals surface area contributed by atoms with Crippen LogP contribution >= 0.6 is 23.1 Å². The highest BCUT2D eigenvalue weighted by molar-refractivity contribution is 8.04. The van der Waals surface area contributed by atoms with Crippen LogP contribution in [-0.4, -0.2) is 28.0 Å². The van der Waals surface area contributed by atoms with Gasteiger partial charge in [-0.1, -0.05) is 54.8 Å². The predicted molar refractivity (Wildman–Crippen MR) is 150 cm³/mol. The van der Waals surface area contributed by atoms with Crippen molar-refractivity contribution in [3.8, 4) is 0 Å². The number of carbonyl (C=O) groups excluding carboxylic acids is 2. The van der Waals surface area contributed by atoms with Crippen molar-refractivity contribution in [1.82, 2.24) is 10.2 Å². The zero-order valence-electron chi connectivity index (χ0n) is 20.8. The van der Waals surface area contributed by atoms with Crippen LogP contribution in [0.15, 0.2) is 64.9 Å². The summed E-state index contributed by atoms with van der Waals surface area (Å²) in [4.78, 5) is 30.3. The van der Waals surface area contributed by atoms with Crippen LogP contribution in [0.1, 0.15) is 63.2 Å². The molecule has 2 aliphatic rings. The van der Waals surface area contributed by atoms with E-state index in [9.17, 15) is 9.59 Å². The van der Waals surface area contributed by atoms with Crippen LogP contribution in [0.25, 0.3) is 6.08 Å². The quantitative estimate of drug-likeness (QED) is 0.370. The predicted octanol–water partition coefficient (Wildman–Crippen LogP) is 6.72. The first-order valence-electron chi connectivity index (χ1n) is 12.6. The van der Waals surface area contributed by atoms with Crippen LogP contribution in [0.3, 0.4) is 0 Å². The number of carbonyl (C=O) groups is 2. The third kappa shape index (κ3) is 5.60. The van der Waals surface area contributed by atoms with Crippen LogP contribution in [0.5, 0.6) is 0 Å². The van der Waals surface area contributed by atoms with Gasteiger partial charge >= 0.3 is 0 Å². The number of rotatable bonds is 6. The van der Waals surface area contributed by atoms with E-state index >= 15 is 0 Å². The van der Waals surface area contributed by atoms with Crippen LogP contribution in [0.2, 0.25) is 0 Å². The highest BCUT2D eigenvalue weighted by atomic mass is 32.2. The Labute approximate surface area is 221 Å². The summed E-state index contributed by atoms with van der Waals surface area (Å²) in [6.07, 6.45) is 6.64. The number of aryl methyl sites for hydroxylation is 2. The molecule has 2 aromatic carbocycles. The second-order valence-electron chi connectivity index (χ2n) is 9.76. The fraction of sp³-hybridized carbons (Fsp3) is 0.333. The first kappa shape index (κ1) is 24.8. The normalized spacial score (nSPS) is 20.9. The van der Waals surface area contributed by atoms with Gasteiger partial charge in [-0.3, -0.25) is 9.59 Å². The fourth-order valence-electron chi connectivity index (χ4n) is 5.08. The van der Waals surface area contributed by atoms with Gasteiger partial charge in [-0.25, -0.2) is 0 Å². The van der Waals surface area contributed by atoms with Crippen molar-refractivity contribution in [2.24, 2.45) is 0 Å². The van der Waals surface area contributed by atoms with Crippen molar-refractivity contribution in [3.63, 3.8) is 0 Å². The van der Waals surface area contributed by atoms with Crippen LogP contribution in [-0.2, 0) is 17.9 Å². The standard InChI is InChI=1S/C30H32N2O2S2/c1-20-9-10-21(2)24(16-20)19-32-26-7-3-4-8-27(26)36-28(30(32)34)17-22-11-13-23(14-12-22)29(33)31-18-25-6-5-15-35-25/h5-6,9-17,26-27H,3-4,7-8,18-19H2,1-2H3,(H,31,33)/b28-17-. The Morgan fingerprint density at radius 2 is 1.89 bits per heavy atom. The Hall–Kier alpha value is -2.83. The lowest BCUT2D eigenvalue weighted by atomic mass is 9.92. The van der Waals surface area contributed by atoms with E-state index in [1.54, 1.807) is 23.1 Å². The van der Waals surface area contributed by atoms with Gasteiger partial charge in [0.2, 0.25) is 0 Å². The summed E-state index contributed by atoms with van der Waals surface area (Å²) < 4.78 is 0. The smallest absolute Gasteiger partial charge is 0.260 e. The summed E-state index contributed by atoms with van der Waals surface area (Å²) in [7, 11) is 0. The lowest BCUT2D eigenvalue weighted by molar-refractivity contribution is -0.130. The van der Waals surface area contributed by atoms with Crippen molar-refractivity contribution in [1.29, 1.82) is 0 Å². The van der Waals surface area contributed by atoms with Crippen molar-refractivity contribution >= 4 is 41.0 Å². The maximum Gasteiger partial charge on any atom is 0.260 e. The average Bonchev–Trinajstić information content (AvgIpc) is 3.41. The molecule has 5 rings (SSSR count). The average molecular weight is 517 g/mol. The molecule has 1 saturated heterocycles. The van der Waals surface area contributed by atoms with Crippen LogP contribution < -0.4 is 5.32 Å². The molecular weight excluding hydrogens is 484 g/mol. The molecule has 1 aromatic heterocycles. The Balaban J connectivity index is 1.34. The van der Waals surface area contributed by atoms with Gasteiger partial charge in [0, 0.05) is 28.3 Å². The SMILES string of the molecule is Cc1ccc(C)c(CN2C(=O)/C(=C/c3ccc(C(=O)NCc4cccs4)cc3)SC3CCCCC32)c1. The molecule has 1 aliphatic carbocycles. The summed E-state index contributed by atoms with van der Waals surface area (Å²) in [6.45, 7) is 5.43. The molecule has 0 bridgehead atoms. The molecule has 1 N–H and O–H groups in total. The van der Waals surface area contributed by atoms with Crippen molar-refractivity contribution in [2.75, 3.05) is 0 Å². The van der Waals surface area contributed by atoms with Gasteiger partial charge in [-0.15, -0.1) is 23.1 Å². The second-order valence-corrected chi connectivity index (χ2v) is 12.1. The molecule has 4 nitrogen and oxygen atoms in total. The van der Waals surface area contributed by atoms with E-state index in [0.717, 1.165) is 28.2 Å². The zero-order valence-corrected chi connectivity index (χ0v) is 22.5. The van der Waals surface area contributed by atoms with E-state index in [1.807, 2.05) is 47.9 Å². The summed E-state index contributed by atoms with van der Waals surface area (Å²) >= 11 is 3.38. The van der Waals surface area contributed by atoms with E-state index in [2.05, 4.69) is 42.3 Å². The summed E-state index contributed by atoms with van der Waals surface area (Å²) in [5.74, 6) is 0.0392. The van der Waals surface area contributed by atoms with E-state index in [0.29, 0.717) is 29.9 Å². The summed E-state index contributed by atoms with van der Waals surface area (Å²) in [5.41, 5.74) is 5.26. The minimum atomic E-state index is -0.0875. The molecule has 6 heteroatoms. The second kappa shape index (κ2) is 11.1. The molecule has 2 amide bonds. The molecule has 0 spiro atoms. The highest BCUT2D eigenvalue weighted by Crippen LogP contribution is 2.43. The number of amides is 2. The largest absolute Gasteiger partial charge is 0.347 e. The number of benzene rings is 2. The van der Waals surface area contributed by atoms with E-state index < -0.39 is 0 Å². The Bertz CT molecular complexity index is 1260. The number of hydrogen-bond acceptors (Lipinski definition) is 4. The van der Waals surface area contributed by atoms with Gasteiger partial charge in [0.15, 0.2) is 0 Å². The minimum absolute atomic E-state index is 0.0875. The zero-order chi connectivity index (χ0) is 25.1. The molecule has 1 aliphatic heterocycles. The number of nitrogens with zero attached hydrogens (tertiary/aromatic N) is 1. The van der Waals surface area contributed by atoms with Gasteiger partial charge in [0.1, 0.15) is 0 Å². The third-order valence-corrected chi connectivity index (χ3v) is 9.41. The number of hydrogen-bond donors (Lipinski definition) is 1. The van der Waals surface area contributed by atoms with E-state index in [1.165, 1.54) is 29.5 Å². The monoisotopic (exact) mass is 516 g/mol. The Kier molecular flexibility index (Phi) is 7.63. The maximum absolute atomic E-state index is 13.7. The van der Waals surface area contributed by atoms with Crippen molar-refractivity contribution in [3.05, 3.63) is 97.6 Å². The topological polar surface area (TPSA) is 49.4 Å². The van der Waals surface area contributed by atoms with Gasteiger partial charge in [-0.2, -0.15) is 0 Å². The molecule has 2 atom stereocenters. The molecular formula is C30H32N2O2S2. The van der Waals surface area contributed by atoms with Gasteiger partial charge in [0.05, 0.1) is 11.4 Å². The number of thioether (sulfide) groups is 1. The Morgan fingerprint density at radius 3 is 2.67 bits per heavy atom. The minimum Gasteiger partial charge on any atom is -0.347 e. The summed E-state index contributed by atoms with van der Waals surface area (Å²) in [6, 6.07) is 18.3. The van der Waals surface area contributed by atoms with Gasteiger partial charge in [0.25, 0.3) is 11.8 Å². The molecule has 2 heterocycles. The first-order valence-corrected chi connectivity index (χ1v) is 14.4. The number of nitrogens with one attached hydrogen (secondary N) is 1. The molecule has 36 heavy (non-hydrogen) atoms. The van der Waals surface area contributed by atoms with Crippen LogP contribution in [0.4, 0.5) is 0 Å². The van der Waals surface area contributed by atoms with Crippen molar-refractivity contribution in [2.45, 2.75) is 63.9 Å². The number of fused-ring (bicyclic) bond motifs is 1. The Morgan fingerprint density at radius 1 is 1.08 bits per heavy atom. The molecule has 3 aromatic rings. The van der Waals surface area contributed by atoms with E-state index in [-0.39, 0.29) is 11.8 Å². The molecule has 2 unspecified atom stereocenters. The molecule has 0 radical (unpaired) electrons. The lowest BCUT2D eigenvalue weighted by Crippen LogP contribution is -2.50. The lowest BCUT2D eigenvalue weighted by Gasteiger charge is -2.44. The highest BCUT2D eigenvalue weighted by Gasteiger charge is 2.40. The molecule has 1 saturated carbocycles. The molecule has 186 valence electrons. The van der Waals surface area contributed by atoms with Gasteiger partial charge in [-0.05, 0) is 73.0 Å². The molecule has 2 fully saturated rings. The summed E-state index contributed by atoms with van der Waals surface area (Å²) in [5, 5.41) is 5.42. The first-order chi connectivity index (χ1) is 17.5. The fourth-order valence-corrected chi connectivity index (χ4v) is 7.20. The van der Waals surface area contributed by atoms with Crippen molar-refractivity contribution < 1.29 is 9.59 Å². The van der Waals surface area contributed by atoms with E-state index in [4.69, 9.17) is 0 Å². The van der Waals surface area contributed by atoms with Crippen LogP contribution in [0, 0.1) is 13.8 Å². The van der Waals surface area contributed by atoms with Gasteiger partial charge < -0.3 is 10.2 Å². The third-order valence-electron chi connectivity index (χ3n) is 7.14. The number of thiophene rings is 1.